The summed E-state index contributed by atoms with van der Waals surface area (Å²) in [7, 11) is 0. The van der Waals surface area contributed by atoms with Crippen molar-refractivity contribution in [2.75, 3.05) is 11.5 Å². The largest absolute Gasteiger partial charge is 0.506 e. The number of benzene rings is 2. The molecule has 1 unspecified atom stereocenters. The molecule has 0 fully saturated rings. The number of nitrogens with one attached hydrogen (secondary N) is 2. The second kappa shape index (κ2) is 8.06. The highest BCUT2D eigenvalue weighted by atomic mass is 16.4. The minimum Gasteiger partial charge on any atom is -0.506 e. The van der Waals surface area contributed by atoms with Crippen LogP contribution in [0.15, 0.2) is 46.0 Å². The van der Waals surface area contributed by atoms with Crippen LogP contribution >= 0.6 is 0 Å². The van der Waals surface area contributed by atoms with Crippen LogP contribution in [-0.4, -0.2) is 32.4 Å². The summed E-state index contributed by atoms with van der Waals surface area (Å²) in [5.74, 6) is -1.07. The summed E-state index contributed by atoms with van der Waals surface area (Å²) < 4.78 is 0. The fraction of sp³-hybridized carbons (Fsp3) is 0.118. The van der Waals surface area contributed by atoms with Gasteiger partial charge in [0.15, 0.2) is 0 Å². The van der Waals surface area contributed by atoms with Gasteiger partial charge in [-0.3, -0.25) is 24.6 Å². The van der Waals surface area contributed by atoms with Crippen LogP contribution in [0.2, 0.25) is 0 Å². The normalized spacial score (nSPS) is 11.4. The molecule has 27 heavy (non-hydrogen) atoms. The number of aromatic hydroxyl groups is 1. The molecule has 0 aliphatic carbocycles. The topological polar surface area (TPSA) is 201 Å². The molecule has 10 N–H and O–H groups in total. The Labute approximate surface area is 152 Å². The summed E-state index contributed by atoms with van der Waals surface area (Å²) in [4.78, 5) is 32.9. The molecule has 0 aliphatic heterocycles. The average Bonchev–Trinajstić information content (AvgIpc) is 2.62. The lowest BCUT2D eigenvalue weighted by atomic mass is 10.1. The Morgan fingerprint density at radius 3 is 2.30 bits per heavy atom. The monoisotopic (exact) mass is 373 g/mol. The lowest BCUT2D eigenvalue weighted by Gasteiger charge is -2.07. The zero-order chi connectivity index (χ0) is 20.1. The Balaban J connectivity index is 0.000000194. The first kappa shape index (κ1) is 19.5. The fourth-order valence-corrected chi connectivity index (χ4v) is 2.33. The van der Waals surface area contributed by atoms with Crippen molar-refractivity contribution in [3.05, 3.63) is 62.7 Å². The van der Waals surface area contributed by atoms with E-state index in [1.165, 1.54) is 12.1 Å². The molecule has 0 amide bonds. The van der Waals surface area contributed by atoms with Gasteiger partial charge < -0.3 is 27.4 Å². The molecule has 10 heteroatoms. The third kappa shape index (κ3) is 4.64. The molecular formula is C17H19N5O5. The highest BCUT2D eigenvalue weighted by Crippen LogP contribution is 2.20. The third-order valence-electron chi connectivity index (χ3n) is 3.72. The smallest absolute Gasteiger partial charge is 0.320 e. The summed E-state index contributed by atoms with van der Waals surface area (Å²) in [6.07, 6.45) is 0.194. The van der Waals surface area contributed by atoms with Gasteiger partial charge in [0.05, 0.1) is 16.5 Å². The van der Waals surface area contributed by atoms with Gasteiger partial charge in [0.1, 0.15) is 11.8 Å². The predicted molar refractivity (Wildman–Crippen MR) is 101 cm³/mol. The van der Waals surface area contributed by atoms with E-state index >= 15 is 0 Å². The third-order valence-corrected chi connectivity index (χ3v) is 3.72. The highest BCUT2D eigenvalue weighted by Gasteiger charge is 2.12. The van der Waals surface area contributed by atoms with Crippen molar-refractivity contribution >= 4 is 28.1 Å². The second-order valence-electron chi connectivity index (χ2n) is 5.72. The first-order valence-electron chi connectivity index (χ1n) is 7.75. The molecule has 0 spiro atoms. The van der Waals surface area contributed by atoms with E-state index in [0.717, 1.165) is 0 Å². The Morgan fingerprint density at radius 2 is 1.70 bits per heavy atom. The van der Waals surface area contributed by atoms with Crippen molar-refractivity contribution in [2.24, 2.45) is 5.73 Å². The van der Waals surface area contributed by atoms with E-state index in [1.54, 1.807) is 24.3 Å². The van der Waals surface area contributed by atoms with Crippen LogP contribution in [0.3, 0.4) is 0 Å². The number of aliphatic carboxylic acids is 1. The van der Waals surface area contributed by atoms with Crippen LogP contribution in [0.1, 0.15) is 5.56 Å². The molecule has 0 saturated heterocycles. The van der Waals surface area contributed by atoms with Crippen molar-refractivity contribution in [1.29, 1.82) is 0 Å². The molecule has 2 aromatic carbocycles. The first-order valence-corrected chi connectivity index (χ1v) is 7.75. The zero-order valence-electron chi connectivity index (χ0n) is 14.1. The number of fused-ring (bicyclic) bond motifs is 1. The lowest BCUT2D eigenvalue weighted by Crippen LogP contribution is -2.32. The number of rotatable bonds is 3. The quantitative estimate of drug-likeness (QED) is 0.240. The zero-order valence-corrected chi connectivity index (χ0v) is 14.1. The number of H-pyrrole nitrogens is 2. The van der Waals surface area contributed by atoms with Gasteiger partial charge in [0.25, 0.3) is 11.1 Å². The summed E-state index contributed by atoms with van der Waals surface area (Å²) in [5.41, 5.74) is 16.8. The Bertz CT molecular complexity index is 1090. The minimum absolute atomic E-state index is 0.0161. The van der Waals surface area contributed by atoms with Gasteiger partial charge in [-0.1, -0.05) is 12.1 Å². The summed E-state index contributed by atoms with van der Waals surface area (Å²) in [5, 5.41) is 22.7. The lowest BCUT2D eigenvalue weighted by molar-refractivity contribution is -0.138. The number of carboxylic acids is 1. The number of carbonyl (C=O) groups is 1. The van der Waals surface area contributed by atoms with Crippen LogP contribution in [0.5, 0.6) is 5.75 Å². The Hall–Kier alpha value is -3.79. The van der Waals surface area contributed by atoms with Crippen molar-refractivity contribution < 1.29 is 15.0 Å². The summed E-state index contributed by atoms with van der Waals surface area (Å²) in [6, 6.07) is 8.34. The molecule has 1 heterocycles. The van der Waals surface area contributed by atoms with Crippen molar-refractivity contribution in [1.82, 2.24) is 10.2 Å². The van der Waals surface area contributed by atoms with E-state index < -0.39 is 12.0 Å². The molecule has 0 bridgehead atoms. The maximum absolute atomic E-state index is 11.2. The summed E-state index contributed by atoms with van der Waals surface area (Å²) in [6.45, 7) is 0. The first-order chi connectivity index (χ1) is 12.7. The van der Waals surface area contributed by atoms with Crippen LogP contribution < -0.4 is 28.3 Å². The Morgan fingerprint density at radius 1 is 1.04 bits per heavy atom. The number of nitrogen functional groups attached to an aromatic ring is 2. The molecular weight excluding hydrogens is 354 g/mol. The van der Waals surface area contributed by atoms with E-state index in [9.17, 15) is 14.4 Å². The van der Waals surface area contributed by atoms with Crippen LogP contribution in [0, 0.1) is 0 Å². The number of carboxylic acid groups (broad SMARTS) is 1. The van der Waals surface area contributed by atoms with E-state index in [-0.39, 0.29) is 34.4 Å². The molecule has 142 valence electrons. The second-order valence-corrected chi connectivity index (χ2v) is 5.72. The number of aromatic amines is 2. The number of aromatic nitrogens is 2. The van der Waals surface area contributed by atoms with E-state index in [0.29, 0.717) is 16.6 Å². The summed E-state index contributed by atoms with van der Waals surface area (Å²) >= 11 is 0. The van der Waals surface area contributed by atoms with Gasteiger partial charge in [0.2, 0.25) is 0 Å². The van der Waals surface area contributed by atoms with Crippen molar-refractivity contribution in [3.63, 3.8) is 0 Å². The predicted octanol–water partition coefficient (Wildman–Crippen LogP) is -0.273. The number of anilines is 2. The number of phenols is 1. The standard InChI is InChI=1S/C9H12N2O3.C8H7N3O2/c10-6-3-5(1-2-8(6)12)4-7(11)9(13)14;9-5-3-1-2-4-6(5)8(13)11-10-7(4)12/h1-3,7,12H,4,10-11H2,(H,13,14);1-3H,9H2,(H,10,12)(H,11,13). The van der Waals surface area contributed by atoms with Crippen LogP contribution in [0.25, 0.3) is 10.8 Å². The van der Waals surface area contributed by atoms with Crippen molar-refractivity contribution in [2.45, 2.75) is 12.5 Å². The molecule has 1 atom stereocenters. The number of hydrogen-bond donors (Lipinski definition) is 7. The molecule has 0 radical (unpaired) electrons. The molecule has 0 aliphatic rings. The van der Waals surface area contributed by atoms with E-state index in [2.05, 4.69) is 10.2 Å². The van der Waals surface area contributed by atoms with E-state index in [1.807, 2.05) is 0 Å². The van der Waals surface area contributed by atoms with Crippen molar-refractivity contribution in [3.8, 4) is 5.75 Å². The van der Waals surface area contributed by atoms with Crippen LogP contribution in [-0.2, 0) is 11.2 Å². The molecule has 1 aromatic heterocycles. The van der Waals surface area contributed by atoms with Gasteiger partial charge in [-0.05, 0) is 36.2 Å². The van der Waals surface area contributed by atoms with Gasteiger partial charge in [-0.2, -0.15) is 0 Å². The SMILES string of the molecule is Nc1cc(CC(N)C(=O)O)ccc1O.Nc1cccc2c(=O)[nH][nH]c(=O)c12. The number of phenolic OH excluding ortho intramolecular Hbond substituents is 1. The van der Waals surface area contributed by atoms with Gasteiger partial charge in [-0.25, -0.2) is 0 Å². The van der Waals surface area contributed by atoms with Gasteiger partial charge in [0, 0.05) is 5.69 Å². The molecule has 10 nitrogen and oxygen atoms in total. The molecule has 3 aromatic rings. The average molecular weight is 373 g/mol. The number of nitrogens with two attached hydrogens (primary N) is 3. The van der Waals surface area contributed by atoms with E-state index in [4.69, 9.17) is 27.4 Å². The molecule has 3 rings (SSSR count). The van der Waals surface area contributed by atoms with Gasteiger partial charge in [-0.15, -0.1) is 0 Å². The maximum Gasteiger partial charge on any atom is 0.320 e. The Kier molecular flexibility index (Phi) is 5.83. The maximum atomic E-state index is 11.2. The minimum atomic E-state index is -1.06. The van der Waals surface area contributed by atoms with Crippen LogP contribution in [0.4, 0.5) is 11.4 Å². The van der Waals surface area contributed by atoms with Gasteiger partial charge >= 0.3 is 5.97 Å². The highest BCUT2D eigenvalue weighted by molar-refractivity contribution is 5.91. The molecule has 0 saturated carbocycles. The fourth-order valence-electron chi connectivity index (χ4n) is 2.33. The number of hydrogen-bond acceptors (Lipinski definition) is 7.